The first-order valence-electron chi connectivity index (χ1n) is 5.96. The van der Waals surface area contributed by atoms with E-state index in [1.807, 2.05) is 11.1 Å². The molecule has 9 aliphatic carbocycles. The van der Waals surface area contributed by atoms with Gasteiger partial charge in [0.05, 0.1) is 0 Å². The lowest BCUT2D eigenvalue weighted by Crippen LogP contribution is -2.70. The summed E-state index contributed by atoms with van der Waals surface area (Å²) < 4.78 is 0. The number of hydrogen-bond acceptors (Lipinski definition) is 0. The van der Waals surface area contributed by atoms with Crippen LogP contribution in [0.3, 0.4) is 0 Å². The van der Waals surface area contributed by atoms with Crippen LogP contribution in [-0.4, -0.2) is 0 Å². The van der Waals surface area contributed by atoms with E-state index in [9.17, 15) is 0 Å². The molecule has 0 saturated heterocycles. The van der Waals surface area contributed by atoms with Gasteiger partial charge >= 0.3 is 0 Å². The first-order valence-corrected chi connectivity index (χ1v) is 5.96. The molecule has 68 valence electrons. The first kappa shape index (κ1) is 5.95. The molecule has 0 heteroatoms. The minimum atomic E-state index is 0.634. The smallest absolute Gasteiger partial charge is 0.0184 e. The van der Waals surface area contributed by atoms with Gasteiger partial charge in [0.25, 0.3) is 0 Å². The standard InChI is InChI=1S/C14H12/c1-13-5-11-7-4-9-6-2-8(7)12(10(13)3-6)14(9,11)13/h3-4,8,11-12H,2,5H2,1H3. The Kier molecular flexibility index (Phi) is 0.498. The van der Waals surface area contributed by atoms with E-state index in [2.05, 4.69) is 19.1 Å². The summed E-state index contributed by atoms with van der Waals surface area (Å²) in [6.45, 7) is 2.53. The maximum atomic E-state index is 2.60. The Morgan fingerprint density at radius 3 is 3.07 bits per heavy atom. The average molecular weight is 180 g/mol. The second kappa shape index (κ2) is 1.17. The molecule has 0 N–H and O–H groups in total. The molecule has 3 saturated carbocycles. The summed E-state index contributed by atoms with van der Waals surface area (Å²) in [5.41, 5.74) is 8.59. The number of allylic oxidation sites excluding steroid dienone is 6. The Balaban J connectivity index is 1.94. The fourth-order valence-corrected chi connectivity index (χ4v) is 6.45. The normalized spacial score (nSPS) is 66.8. The Hall–Kier alpha value is -0.780. The molecule has 9 aliphatic rings. The Morgan fingerprint density at radius 2 is 2.29 bits per heavy atom. The molecule has 0 aromatic carbocycles. The van der Waals surface area contributed by atoms with Crippen LogP contribution in [0.15, 0.2) is 34.4 Å². The van der Waals surface area contributed by atoms with Gasteiger partial charge in [-0.2, -0.15) is 0 Å². The van der Waals surface area contributed by atoms with Crippen molar-refractivity contribution >= 4 is 0 Å². The van der Waals surface area contributed by atoms with Gasteiger partial charge in [-0.3, -0.25) is 0 Å². The fraction of sp³-hybridized carbons (Fsp3) is 0.571. The fourth-order valence-electron chi connectivity index (χ4n) is 6.45. The van der Waals surface area contributed by atoms with Crippen molar-refractivity contribution in [1.29, 1.82) is 0 Å². The van der Waals surface area contributed by atoms with E-state index in [0.29, 0.717) is 10.8 Å². The zero-order chi connectivity index (χ0) is 8.87. The SMILES string of the molecule is CC12CC3C4=CC5=C6C=C1C(C4C6)C532. The van der Waals surface area contributed by atoms with Crippen molar-refractivity contribution in [2.24, 2.45) is 28.6 Å². The van der Waals surface area contributed by atoms with Gasteiger partial charge in [-0.1, -0.05) is 30.2 Å². The first-order chi connectivity index (χ1) is 6.78. The molecule has 14 heavy (non-hydrogen) atoms. The molecular formula is C14H12. The highest BCUT2D eigenvalue weighted by Crippen LogP contribution is 2.94. The third kappa shape index (κ3) is 0.245. The zero-order valence-electron chi connectivity index (χ0n) is 8.30. The Morgan fingerprint density at radius 1 is 1.36 bits per heavy atom. The van der Waals surface area contributed by atoms with Crippen molar-refractivity contribution in [2.45, 2.75) is 19.8 Å². The monoisotopic (exact) mass is 180 g/mol. The largest absolute Gasteiger partial charge is 0.0618 e. The second-order valence-electron chi connectivity index (χ2n) is 6.43. The molecule has 5 unspecified atom stereocenters. The molecule has 1 spiro atoms. The van der Waals surface area contributed by atoms with Crippen LogP contribution in [0.5, 0.6) is 0 Å². The predicted octanol–water partition coefficient (Wildman–Crippen LogP) is 2.84. The van der Waals surface area contributed by atoms with E-state index >= 15 is 0 Å². The third-order valence-corrected chi connectivity index (χ3v) is 6.64. The lowest BCUT2D eigenvalue weighted by molar-refractivity contribution is -0.150. The molecular weight excluding hydrogens is 168 g/mol. The van der Waals surface area contributed by atoms with E-state index in [1.165, 1.54) is 12.8 Å². The second-order valence-corrected chi connectivity index (χ2v) is 6.43. The van der Waals surface area contributed by atoms with E-state index < -0.39 is 0 Å². The number of hydrogen-bond donors (Lipinski definition) is 0. The summed E-state index contributed by atoms with van der Waals surface area (Å²) in [6.07, 6.45) is 8.06. The van der Waals surface area contributed by atoms with Gasteiger partial charge in [-0.25, -0.2) is 0 Å². The zero-order valence-corrected chi connectivity index (χ0v) is 8.30. The van der Waals surface area contributed by atoms with E-state index in [0.717, 1.165) is 17.8 Å². The molecule has 0 aliphatic heterocycles. The highest BCUT2D eigenvalue weighted by atomic mass is 14.9. The summed E-state index contributed by atoms with van der Waals surface area (Å²) in [5, 5.41) is 0. The minimum absolute atomic E-state index is 0.634. The van der Waals surface area contributed by atoms with Crippen molar-refractivity contribution in [2.75, 3.05) is 0 Å². The van der Waals surface area contributed by atoms with E-state index in [-0.39, 0.29) is 0 Å². The van der Waals surface area contributed by atoms with Gasteiger partial charge in [-0.15, -0.1) is 0 Å². The highest BCUT2D eigenvalue weighted by molar-refractivity contribution is 5.74. The quantitative estimate of drug-likeness (QED) is 0.537. The van der Waals surface area contributed by atoms with Crippen LogP contribution in [0.4, 0.5) is 0 Å². The maximum Gasteiger partial charge on any atom is 0.0184 e. The molecule has 5 atom stereocenters. The summed E-state index contributed by atoms with van der Waals surface area (Å²) in [6, 6.07) is 0. The van der Waals surface area contributed by atoms with Gasteiger partial charge in [0.1, 0.15) is 0 Å². The van der Waals surface area contributed by atoms with Gasteiger partial charge in [-0.05, 0) is 41.7 Å². The maximum absolute atomic E-state index is 2.60. The lowest BCUT2D eigenvalue weighted by Gasteiger charge is -2.76. The molecule has 9 rings (SSSR count). The van der Waals surface area contributed by atoms with Crippen molar-refractivity contribution in [3.8, 4) is 0 Å². The highest BCUT2D eigenvalue weighted by Gasteiger charge is 2.87. The topological polar surface area (TPSA) is 0 Å². The molecule has 0 aromatic rings. The van der Waals surface area contributed by atoms with Gasteiger partial charge in [0.15, 0.2) is 0 Å². The van der Waals surface area contributed by atoms with Crippen molar-refractivity contribution in [3.05, 3.63) is 34.4 Å². The van der Waals surface area contributed by atoms with Crippen LogP contribution in [0.1, 0.15) is 19.8 Å². The van der Waals surface area contributed by atoms with Gasteiger partial charge < -0.3 is 0 Å². The van der Waals surface area contributed by atoms with Gasteiger partial charge in [0, 0.05) is 10.8 Å². The van der Waals surface area contributed by atoms with Crippen LogP contribution in [0.25, 0.3) is 0 Å². The molecule has 0 nitrogen and oxygen atoms in total. The molecule has 7 bridgehead atoms. The van der Waals surface area contributed by atoms with Crippen LogP contribution in [-0.2, 0) is 0 Å². The number of rotatable bonds is 0. The van der Waals surface area contributed by atoms with Crippen molar-refractivity contribution < 1.29 is 0 Å². The van der Waals surface area contributed by atoms with Crippen LogP contribution in [0.2, 0.25) is 0 Å². The third-order valence-electron chi connectivity index (χ3n) is 6.64. The predicted molar refractivity (Wildman–Crippen MR) is 53.4 cm³/mol. The lowest BCUT2D eigenvalue weighted by atomic mass is 9.26. The molecule has 0 aromatic heterocycles. The average Bonchev–Trinajstić information content (AvgIpc) is 2.60. The molecule has 0 amide bonds. The van der Waals surface area contributed by atoms with Crippen LogP contribution >= 0.6 is 0 Å². The van der Waals surface area contributed by atoms with Crippen LogP contribution < -0.4 is 0 Å². The summed E-state index contributed by atoms with van der Waals surface area (Å²) >= 11 is 0. The van der Waals surface area contributed by atoms with Crippen molar-refractivity contribution in [1.82, 2.24) is 0 Å². The van der Waals surface area contributed by atoms with E-state index in [1.54, 1.807) is 11.1 Å². The molecule has 0 radical (unpaired) electrons. The van der Waals surface area contributed by atoms with Crippen LogP contribution in [0, 0.1) is 28.6 Å². The summed E-state index contributed by atoms with van der Waals surface area (Å²) in [7, 11) is 0. The Bertz CT molecular complexity index is 544. The summed E-state index contributed by atoms with van der Waals surface area (Å²) in [4.78, 5) is 0. The Labute approximate surface area is 83.4 Å². The van der Waals surface area contributed by atoms with E-state index in [4.69, 9.17) is 0 Å². The molecule has 0 heterocycles. The van der Waals surface area contributed by atoms with Crippen molar-refractivity contribution in [3.63, 3.8) is 0 Å². The minimum Gasteiger partial charge on any atom is -0.0618 e. The van der Waals surface area contributed by atoms with Gasteiger partial charge in [0.2, 0.25) is 0 Å². The summed E-state index contributed by atoms with van der Waals surface area (Å²) in [5.74, 6) is 2.98. The molecule has 3 fully saturated rings.